The maximum absolute atomic E-state index is 12.0. The number of rotatable bonds is 4. The summed E-state index contributed by atoms with van der Waals surface area (Å²) in [4.78, 5) is 24.0. The second kappa shape index (κ2) is 7.80. The van der Waals surface area contributed by atoms with Crippen molar-refractivity contribution in [3.63, 3.8) is 0 Å². The molecule has 8 heteroatoms. The van der Waals surface area contributed by atoms with E-state index in [2.05, 4.69) is 5.32 Å². The summed E-state index contributed by atoms with van der Waals surface area (Å²) in [5.41, 5.74) is -0.131. The number of hydrogen-bond donors (Lipinski definition) is 1. The predicted octanol–water partition coefficient (Wildman–Crippen LogP) is 1.22. The van der Waals surface area contributed by atoms with Gasteiger partial charge < -0.3 is 15.0 Å². The zero-order valence-electron chi connectivity index (χ0n) is 11.7. The maximum Gasteiger partial charge on any atom is 0.310 e. The van der Waals surface area contributed by atoms with Crippen LogP contribution in [0.25, 0.3) is 0 Å². The van der Waals surface area contributed by atoms with Crippen LogP contribution >= 0.6 is 12.4 Å². The van der Waals surface area contributed by atoms with Gasteiger partial charge in [0, 0.05) is 31.7 Å². The lowest BCUT2D eigenvalue weighted by Gasteiger charge is -2.31. The molecule has 0 spiro atoms. The molecular formula is C13H18ClN3O4. The molecule has 116 valence electrons. The number of carbonyl (C=O) groups is 1. The van der Waals surface area contributed by atoms with Crippen LogP contribution in [0.15, 0.2) is 24.3 Å². The summed E-state index contributed by atoms with van der Waals surface area (Å²) < 4.78 is 5.30. The molecule has 1 aromatic carbocycles. The number of benzene rings is 1. The van der Waals surface area contributed by atoms with Gasteiger partial charge in [-0.1, -0.05) is 12.1 Å². The van der Waals surface area contributed by atoms with Crippen LogP contribution in [-0.2, 0) is 4.79 Å². The molecule has 0 saturated carbocycles. The van der Waals surface area contributed by atoms with E-state index < -0.39 is 4.92 Å². The van der Waals surface area contributed by atoms with E-state index in [0.717, 1.165) is 6.54 Å². The van der Waals surface area contributed by atoms with Crippen molar-refractivity contribution in [1.82, 2.24) is 10.2 Å². The Bertz CT molecular complexity index is 512. The summed E-state index contributed by atoms with van der Waals surface area (Å²) in [5.74, 6) is -0.0365. The Kier molecular flexibility index (Phi) is 6.39. The number of amides is 1. The topological polar surface area (TPSA) is 84.7 Å². The molecule has 0 radical (unpaired) electrons. The molecular weight excluding hydrogens is 298 g/mol. The molecule has 1 aliphatic heterocycles. The number of nitro benzene ring substituents is 1. The van der Waals surface area contributed by atoms with Crippen LogP contribution in [0.2, 0.25) is 0 Å². The number of nitrogens with zero attached hydrogens (tertiary/aromatic N) is 2. The number of nitro groups is 1. The van der Waals surface area contributed by atoms with E-state index in [-0.39, 0.29) is 42.4 Å². The van der Waals surface area contributed by atoms with E-state index in [1.54, 1.807) is 17.0 Å². The van der Waals surface area contributed by atoms with Gasteiger partial charge in [0.25, 0.3) is 5.91 Å². The standard InChI is InChI=1S/C13H17N3O4.ClH/c1-10-8-15(7-6-14-10)13(17)9-20-12-5-3-2-4-11(12)16(18)19;/h2-5,10,14H,6-9H2,1H3;1H. The van der Waals surface area contributed by atoms with E-state index >= 15 is 0 Å². The van der Waals surface area contributed by atoms with E-state index in [4.69, 9.17) is 4.74 Å². The summed E-state index contributed by atoms with van der Waals surface area (Å²) in [7, 11) is 0. The first kappa shape index (κ1) is 17.2. The van der Waals surface area contributed by atoms with E-state index in [1.165, 1.54) is 12.1 Å². The summed E-state index contributed by atoms with van der Waals surface area (Å²) in [6.07, 6.45) is 0. The van der Waals surface area contributed by atoms with Crippen molar-refractivity contribution in [2.75, 3.05) is 26.2 Å². The molecule has 1 saturated heterocycles. The van der Waals surface area contributed by atoms with Crippen LogP contribution in [0, 0.1) is 10.1 Å². The fourth-order valence-corrected chi connectivity index (χ4v) is 2.12. The first-order valence-corrected chi connectivity index (χ1v) is 6.45. The van der Waals surface area contributed by atoms with Crippen molar-refractivity contribution in [2.24, 2.45) is 0 Å². The predicted molar refractivity (Wildman–Crippen MR) is 79.9 cm³/mol. The van der Waals surface area contributed by atoms with Crippen LogP contribution in [0.1, 0.15) is 6.92 Å². The van der Waals surface area contributed by atoms with E-state index in [1.807, 2.05) is 6.92 Å². The largest absolute Gasteiger partial charge is 0.477 e. The highest BCUT2D eigenvalue weighted by Crippen LogP contribution is 2.25. The SMILES string of the molecule is CC1CN(C(=O)COc2ccccc2[N+](=O)[O-])CCN1.Cl. The van der Waals surface area contributed by atoms with Gasteiger partial charge in [0.05, 0.1) is 4.92 Å². The van der Waals surface area contributed by atoms with Gasteiger partial charge in [-0.25, -0.2) is 0 Å². The lowest BCUT2D eigenvalue weighted by atomic mass is 10.2. The molecule has 1 aromatic rings. The van der Waals surface area contributed by atoms with Crippen molar-refractivity contribution in [1.29, 1.82) is 0 Å². The Morgan fingerprint density at radius 3 is 2.90 bits per heavy atom. The van der Waals surface area contributed by atoms with Gasteiger partial charge in [0.1, 0.15) is 0 Å². The molecule has 1 N–H and O–H groups in total. The van der Waals surface area contributed by atoms with Gasteiger partial charge in [-0.05, 0) is 13.0 Å². The zero-order valence-corrected chi connectivity index (χ0v) is 12.5. The minimum absolute atomic E-state index is 0. The average molecular weight is 316 g/mol. The van der Waals surface area contributed by atoms with Crippen LogP contribution < -0.4 is 10.1 Å². The molecule has 7 nitrogen and oxygen atoms in total. The molecule has 2 rings (SSSR count). The third-order valence-electron chi connectivity index (χ3n) is 3.13. The number of halogens is 1. The molecule has 21 heavy (non-hydrogen) atoms. The first-order chi connectivity index (χ1) is 9.58. The molecule has 0 aliphatic carbocycles. The summed E-state index contributed by atoms with van der Waals surface area (Å²) >= 11 is 0. The van der Waals surface area contributed by atoms with Gasteiger partial charge in [-0.15, -0.1) is 12.4 Å². The number of nitrogens with one attached hydrogen (secondary N) is 1. The molecule has 1 aliphatic rings. The minimum atomic E-state index is -0.521. The van der Waals surface area contributed by atoms with Crippen LogP contribution in [0.3, 0.4) is 0 Å². The second-order valence-electron chi connectivity index (χ2n) is 4.71. The Morgan fingerprint density at radius 2 is 2.24 bits per heavy atom. The lowest BCUT2D eigenvalue weighted by Crippen LogP contribution is -2.52. The monoisotopic (exact) mass is 315 g/mol. The Hall–Kier alpha value is -1.86. The Morgan fingerprint density at radius 1 is 1.52 bits per heavy atom. The number of para-hydroxylation sites is 2. The molecule has 1 unspecified atom stereocenters. The van der Waals surface area contributed by atoms with Crippen molar-refractivity contribution >= 4 is 24.0 Å². The van der Waals surface area contributed by atoms with Gasteiger partial charge >= 0.3 is 5.69 Å². The fourth-order valence-electron chi connectivity index (χ4n) is 2.12. The third-order valence-corrected chi connectivity index (χ3v) is 3.13. The van der Waals surface area contributed by atoms with Gasteiger partial charge in [0.15, 0.2) is 12.4 Å². The number of piperazine rings is 1. The smallest absolute Gasteiger partial charge is 0.310 e. The molecule has 1 amide bonds. The highest BCUT2D eigenvalue weighted by atomic mass is 35.5. The van der Waals surface area contributed by atoms with Crippen LogP contribution in [0.4, 0.5) is 5.69 Å². The maximum atomic E-state index is 12.0. The number of ether oxygens (including phenoxy) is 1. The van der Waals surface area contributed by atoms with E-state index in [9.17, 15) is 14.9 Å². The number of carbonyl (C=O) groups excluding carboxylic acids is 1. The van der Waals surface area contributed by atoms with Crippen molar-refractivity contribution in [3.05, 3.63) is 34.4 Å². The van der Waals surface area contributed by atoms with Crippen molar-refractivity contribution in [2.45, 2.75) is 13.0 Å². The van der Waals surface area contributed by atoms with Crippen molar-refractivity contribution in [3.8, 4) is 5.75 Å². The average Bonchev–Trinajstić information content (AvgIpc) is 2.45. The Labute approximate surface area is 128 Å². The van der Waals surface area contributed by atoms with E-state index in [0.29, 0.717) is 13.1 Å². The summed E-state index contributed by atoms with van der Waals surface area (Å²) in [6, 6.07) is 6.29. The third kappa shape index (κ3) is 4.57. The fraction of sp³-hybridized carbons (Fsp3) is 0.462. The quantitative estimate of drug-likeness (QED) is 0.667. The molecule has 0 aromatic heterocycles. The zero-order chi connectivity index (χ0) is 14.5. The summed E-state index contributed by atoms with van der Waals surface area (Å²) in [5, 5.41) is 14.1. The highest BCUT2D eigenvalue weighted by molar-refractivity contribution is 5.85. The lowest BCUT2D eigenvalue weighted by molar-refractivity contribution is -0.385. The van der Waals surface area contributed by atoms with Crippen LogP contribution in [-0.4, -0.2) is 48.0 Å². The summed E-state index contributed by atoms with van der Waals surface area (Å²) in [6.45, 7) is 3.82. The van der Waals surface area contributed by atoms with Gasteiger partial charge in [-0.3, -0.25) is 14.9 Å². The molecule has 0 bridgehead atoms. The minimum Gasteiger partial charge on any atom is -0.477 e. The van der Waals surface area contributed by atoms with Crippen molar-refractivity contribution < 1.29 is 14.5 Å². The van der Waals surface area contributed by atoms with Crippen LogP contribution in [0.5, 0.6) is 5.75 Å². The van der Waals surface area contributed by atoms with Gasteiger partial charge in [-0.2, -0.15) is 0 Å². The normalized spacial score (nSPS) is 17.8. The molecule has 1 heterocycles. The molecule has 1 atom stereocenters. The second-order valence-corrected chi connectivity index (χ2v) is 4.71. The Balaban J connectivity index is 0.00000220. The highest BCUT2D eigenvalue weighted by Gasteiger charge is 2.22. The molecule has 1 fully saturated rings. The number of hydrogen-bond acceptors (Lipinski definition) is 5. The van der Waals surface area contributed by atoms with Gasteiger partial charge in [0.2, 0.25) is 0 Å². The first-order valence-electron chi connectivity index (χ1n) is 6.45.